The summed E-state index contributed by atoms with van der Waals surface area (Å²) in [6.45, 7) is 3.82. The van der Waals surface area contributed by atoms with Crippen molar-refractivity contribution in [2.24, 2.45) is 40.9 Å². The van der Waals surface area contributed by atoms with Gasteiger partial charge in [-0.2, -0.15) is 0 Å². The average Bonchev–Trinajstić information content (AvgIpc) is 3.18. The first-order valence-corrected chi connectivity index (χ1v) is 10.1. The highest BCUT2D eigenvalue weighted by Gasteiger charge is 2.69. The van der Waals surface area contributed by atoms with Gasteiger partial charge in [-0.25, -0.2) is 0 Å². The number of rotatable bonds is 0. The van der Waals surface area contributed by atoms with Gasteiger partial charge in [0.15, 0.2) is 5.79 Å². The summed E-state index contributed by atoms with van der Waals surface area (Å²) in [5, 5.41) is 0. The van der Waals surface area contributed by atoms with E-state index in [2.05, 4.69) is 13.0 Å². The lowest BCUT2D eigenvalue weighted by molar-refractivity contribution is -0.176. The van der Waals surface area contributed by atoms with E-state index in [-0.39, 0.29) is 11.2 Å². The third-order valence-corrected chi connectivity index (χ3v) is 8.71. The highest BCUT2D eigenvalue weighted by molar-refractivity contribution is 5.92. The highest BCUT2D eigenvalue weighted by atomic mass is 16.7. The number of ether oxygens (including phenoxy) is 2. The zero-order valence-corrected chi connectivity index (χ0v) is 14.6. The molecule has 1 spiro atoms. The molecule has 6 rings (SSSR count). The summed E-state index contributed by atoms with van der Waals surface area (Å²) in [4.78, 5) is 12.8. The number of hydrogen-bond donors (Lipinski definition) is 0. The number of fused-ring (bicyclic) bond motifs is 7. The maximum Gasteiger partial charge on any atom is 0.172 e. The molecule has 0 bridgehead atoms. The summed E-state index contributed by atoms with van der Waals surface area (Å²) in [6, 6.07) is 0. The Morgan fingerprint density at radius 3 is 2.71 bits per heavy atom. The minimum absolute atomic E-state index is 0.0215. The Hall–Kier alpha value is -0.670. The molecule has 7 atom stereocenters. The predicted octanol–water partition coefficient (Wildman–Crippen LogP) is 3.73. The molecule has 0 aromatic carbocycles. The van der Waals surface area contributed by atoms with Crippen molar-refractivity contribution in [3.05, 3.63) is 11.6 Å². The number of ketones is 1. The van der Waals surface area contributed by atoms with Gasteiger partial charge >= 0.3 is 0 Å². The molecule has 3 nitrogen and oxygen atoms in total. The molecular formula is C21H28O3. The van der Waals surface area contributed by atoms with E-state index >= 15 is 0 Å². The van der Waals surface area contributed by atoms with Gasteiger partial charge in [0.05, 0.1) is 13.2 Å². The Morgan fingerprint density at radius 1 is 1.04 bits per heavy atom. The number of hydrogen-bond acceptors (Lipinski definition) is 3. The molecule has 0 radical (unpaired) electrons. The molecule has 5 fully saturated rings. The predicted molar refractivity (Wildman–Crippen MR) is 89.1 cm³/mol. The Labute approximate surface area is 144 Å². The van der Waals surface area contributed by atoms with Crippen molar-refractivity contribution in [2.75, 3.05) is 13.2 Å². The first-order chi connectivity index (χ1) is 11.6. The monoisotopic (exact) mass is 328 g/mol. The largest absolute Gasteiger partial charge is 0.347 e. The fraction of sp³-hybridized carbons (Fsp3) is 0.857. The summed E-state index contributed by atoms with van der Waals surface area (Å²) in [7, 11) is 0. The molecule has 3 heteroatoms. The number of carbonyl (C=O) groups is 1. The maximum atomic E-state index is 12.8. The Balaban J connectivity index is 1.31. The Morgan fingerprint density at radius 2 is 1.88 bits per heavy atom. The van der Waals surface area contributed by atoms with Gasteiger partial charge in [0.25, 0.3) is 0 Å². The van der Waals surface area contributed by atoms with Crippen LogP contribution in [-0.4, -0.2) is 24.8 Å². The fourth-order valence-corrected chi connectivity index (χ4v) is 7.66. The van der Waals surface area contributed by atoms with Crippen LogP contribution in [0.2, 0.25) is 0 Å². The molecule has 6 aliphatic rings. The third kappa shape index (κ3) is 1.69. The van der Waals surface area contributed by atoms with Gasteiger partial charge in [0.1, 0.15) is 5.78 Å². The minimum Gasteiger partial charge on any atom is -0.347 e. The second-order valence-corrected chi connectivity index (χ2v) is 9.62. The van der Waals surface area contributed by atoms with Crippen LogP contribution in [0.1, 0.15) is 51.9 Å². The lowest BCUT2D eigenvalue weighted by Gasteiger charge is -2.53. The molecule has 7 unspecified atom stereocenters. The molecule has 0 aromatic heterocycles. The van der Waals surface area contributed by atoms with Crippen LogP contribution in [-0.2, 0) is 14.3 Å². The van der Waals surface area contributed by atoms with Crippen molar-refractivity contribution >= 4 is 5.78 Å². The normalized spacial score (nSPS) is 53.9. The zero-order valence-electron chi connectivity index (χ0n) is 14.6. The quantitative estimate of drug-likeness (QED) is 0.636. The van der Waals surface area contributed by atoms with Crippen LogP contribution in [0, 0.1) is 40.9 Å². The molecule has 0 N–H and O–H groups in total. The number of allylic oxidation sites excluding steroid dienone is 1. The van der Waals surface area contributed by atoms with Crippen LogP contribution in [0.25, 0.3) is 0 Å². The van der Waals surface area contributed by atoms with E-state index < -0.39 is 0 Å². The Kier molecular flexibility index (Phi) is 2.74. The summed E-state index contributed by atoms with van der Waals surface area (Å²) in [6.07, 6.45) is 10.6. The second kappa shape index (κ2) is 4.54. The number of Topliss-reactive ketones (excluding diaryl/α,β-unsaturated/α-hetero) is 1. The smallest absolute Gasteiger partial charge is 0.172 e. The summed E-state index contributed by atoms with van der Waals surface area (Å²) in [5.41, 5.74) is 1.64. The molecule has 24 heavy (non-hydrogen) atoms. The molecule has 5 aliphatic carbocycles. The lowest BCUT2D eigenvalue weighted by atomic mass is 9.51. The highest BCUT2D eigenvalue weighted by Crippen LogP contribution is 2.70. The van der Waals surface area contributed by atoms with Crippen LogP contribution in [0.5, 0.6) is 0 Å². The lowest BCUT2D eigenvalue weighted by Crippen LogP contribution is -2.49. The van der Waals surface area contributed by atoms with Crippen LogP contribution >= 0.6 is 0 Å². The van der Waals surface area contributed by atoms with E-state index in [0.717, 1.165) is 56.1 Å². The van der Waals surface area contributed by atoms with Crippen LogP contribution in [0.15, 0.2) is 11.6 Å². The molecule has 130 valence electrons. The first kappa shape index (κ1) is 14.5. The van der Waals surface area contributed by atoms with Crippen molar-refractivity contribution in [3.63, 3.8) is 0 Å². The summed E-state index contributed by atoms with van der Waals surface area (Å²) >= 11 is 0. The van der Waals surface area contributed by atoms with E-state index in [1.54, 1.807) is 5.57 Å². The van der Waals surface area contributed by atoms with Crippen LogP contribution in [0.3, 0.4) is 0 Å². The molecule has 1 saturated heterocycles. The SMILES string of the molecule is CC12CCC3C4CCC5(CC4=CCC3C1C1CC1C2=O)OCCO5. The molecule has 0 amide bonds. The van der Waals surface area contributed by atoms with E-state index in [9.17, 15) is 4.79 Å². The zero-order chi connectivity index (χ0) is 16.1. The van der Waals surface area contributed by atoms with Crippen LogP contribution in [0.4, 0.5) is 0 Å². The van der Waals surface area contributed by atoms with Gasteiger partial charge < -0.3 is 9.47 Å². The van der Waals surface area contributed by atoms with Gasteiger partial charge in [-0.3, -0.25) is 4.79 Å². The van der Waals surface area contributed by atoms with Crippen molar-refractivity contribution < 1.29 is 14.3 Å². The summed E-state index contributed by atoms with van der Waals surface area (Å²) in [5.74, 6) is 4.51. The maximum absolute atomic E-state index is 12.8. The average molecular weight is 328 g/mol. The second-order valence-electron chi connectivity index (χ2n) is 9.62. The van der Waals surface area contributed by atoms with Gasteiger partial charge in [-0.05, 0) is 61.7 Å². The Bertz CT molecular complexity index is 631. The van der Waals surface area contributed by atoms with E-state index in [0.29, 0.717) is 17.6 Å². The van der Waals surface area contributed by atoms with E-state index in [1.165, 1.54) is 25.7 Å². The van der Waals surface area contributed by atoms with Crippen molar-refractivity contribution in [3.8, 4) is 0 Å². The van der Waals surface area contributed by atoms with Crippen molar-refractivity contribution in [1.82, 2.24) is 0 Å². The van der Waals surface area contributed by atoms with Crippen LogP contribution < -0.4 is 0 Å². The number of carbonyl (C=O) groups excluding carboxylic acids is 1. The van der Waals surface area contributed by atoms with Gasteiger partial charge in [0, 0.05) is 24.2 Å². The standard InChI is InChI=1S/C21H28O3/c1-20-6-4-14-13-5-7-21(23-8-9-24-21)11-12(13)2-3-15(14)18(20)16-10-17(16)19(20)22/h2,13-18H,3-11H2,1H3. The molecular weight excluding hydrogens is 300 g/mol. The minimum atomic E-state index is -0.288. The third-order valence-electron chi connectivity index (χ3n) is 8.71. The van der Waals surface area contributed by atoms with Gasteiger partial charge in [-0.15, -0.1) is 0 Å². The first-order valence-electron chi connectivity index (χ1n) is 10.1. The topological polar surface area (TPSA) is 35.5 Å². The van der Waals surface area contributed by atoms with E-state index in [4.69, 9.17) is 9.47 Å². The molecule has 0 aromatic rings. The molecule has 1 aliphatic heterocycles. The summed E-state index contributed by atoms with van der Waals surface area (Å²) < 4.78 is 12.0. The van der Waals surface area contributed by atoms with Gasteiger partial charge in [-0.1, -0.05) is 18.6 Å². The van der Waals surface area contributed by atoms with E-state index in [1.807, 2.05) is 0 Å². The molecule has 4 saturated carbocycles. The molecule has 1 heterocycles. The van der Waals surface area contributed by atoms with Crippen molar-refractivity contribution in [1.29, 1.82) is 0 Å². The van der Waals surface area contributed by atoms with Gasteiger partial charge in [0.2, 0.25) is 0 Å². The van der Waals surface area contributed by atoms with Crippen molar-refractivity contribution in [2.45, 2.75) is 57.7 Å². The fourth-order valence-electron chi connectivity index (χ4n) is 7.66.